The van der Waals surface area contributed by atoms with E-state index in [1.54, 1.807) is 0 Å². The fourth-order valence-electron chi connectivity index (χ4n) is 8.72. The molecule has 0 fully saturated rings. The lowest BCUT2D eigenvalue weighted by molar-refractivity contribution is -0.592. The van der Waals surface area contributed by atoms with Gasteiger partial charge in [-0.25, -0.2) is 0 Å². The molecule has 78 heavy (non-hydrogen) atoms. The Bertz CT molecular complexity index is 2980. The van der Waals surface area contributed by atoms with Crippen molar-refractivity contribution in [2.45, 2.75) is 49.4 Å². The molecule has 0 spiro atoms. The maximum absolute atomic E-state index is 14.2. The van der Waals surface area contributed by atoms with Crippen LogP contribution in [0.15, 0.2) is 158 Å². The Morgan fingerprint density at radius 2 is 0.423 bits per heavy atom. The van der Waals surface area contributed by atoms with Crippen LogP contribution in [0, 0.1) is 7.14 Å². The molecule has 0 aliphatic carbocycles. The molecule has 412 valence electrons. The summed E-state index contributed by atoms with van der Waals surface area (Å²) >= 11 is -0.176. The van der Waals surface area contributed by atoms with Gasteiger partial charge in [0.1, 0.15) is 6.15 Å². The second kappa shape index (κ2) is 20.6. The summed E-state index contributed by atoms with van der Waals surface area (Å²) in [6, 6.07) is 21.9. The first-order valence-electron chi connectivity index (χ1n) is 21.6. The molecule has 8 rings (SSSR count). The second-order valence-electron chi connectivity index (χ2n) is 17.2. The molecule has 8 aromatic rings. The molecule has 0 nitrogen and oxygen atoms in total. The van der Waals surface area contributed by atoms with Crippen molar-refractivity contribution in [3.05, 3.63) is 209 Å². The predicted molar refractivity (Wildman–Crippen MR) is 235 cm³/mol. The van der Waals surface area contributed by atoms with Crippen LogP contribution in [0.5, 0.6) is 0 Å². The highest BCUT2D eigenvalue weighted by Gasteiger charge is 2.47. The molecule has 0 N–H and O–H groups in total. The third-order valence-corrected chi connectivity index (χ3v) is 15.2. The molecule has 0 amide bonds. The number of halogens is 25. The lowest BCUT2D eigenvalue weighted by atomic mass is 9.12. The van der Waals surface area contributed by atoms with Crippen molar-refractivity contribution in [1.29, 1.82) is 0 Å². The van der Waals surface area contributed by atoms with E-state index in [2.05, 4.69) is 84.9 Å². The molecule has 0 heterocycles. The summed E-state index contributed by atoms with van der Waals surface area (Å²) in [7, 11) is 0. The van der Waals surface area contributed by atoms with Gasteiger partial charge in [-0.1, -0.05) is 109 Å². The van der Waals surface area contributed by atoms with E-state index in [0.29, 0.717) is 0 Å². The SMILES string of the molecule is FC(F)(F)c1cc([B-](c2cc(C(F)(F)F)cc(C(F)(F)F)c2)(c2cc(C(F)(F)F)cc(C(F)(F)F)c2)c2cc(C(F)(F)F)cc(C(F)(F)F)c2)cc(C(F)(F)F)c1.c1ccc2c([I+]c3cccc4ccccc34)cccc2c1. The second-order valence-corrected chi connectivity index (χ2v) is 20.1. The minimum atomic E-state index is -6.13. The van der Waals surface area contributed by atoms with Gasteiger partial charge in [0.15, 0.2) is 0 Å². The maximum atomic E-state index is 14.2. The lowest BCUT2D eigenvalue weighted by Gasteiger charge is -2.46. The normalized spacial score (nSPS) is 13.4. The van der Waals surface area contributed by atoms with E-state index in [-0.39, 0.29) is 21.2 Å². The fraction of sp³-hybridized carbons (Fsp3) is 0.154. The molecule has 0 unspecified atom stereocenters. The Labute approximate surface area is 433 Å². The first-order chi connectivity index (χ1) is 35.7. The van der Waals surface area contributed by atoms with Crippen molar-refractivity contribution in [1.82, 2.24) is 0 Å². The van der Waals surface area contributed by atoms with Gasteiger partial charge in [-0.3, -0.25) is 0 Å². The first kappa shape index (κ1) is 59.1. The molecular formula is C52H26BF24I. The average Bonchev–Trinajstić information content (AvgIpc) is 3.43. The molecule has 0 aromatic heterocycles. The van der Waals surface area contributed by atoms with Crippen molar-refractivity contribution in [3.63, 3.8) is 0 Å². The van der Waals surface area contributed by atoms with E-state index in [1.165, 1.54) is 28.7 Å². The van der Waals surface area contributed by atoms with Gasteiger partial charge in [0.05, 0.1) is 44.5 Å². The number of fused-ring (bicyclic) bond motifs is 2. The molecule has 0 saturated heterocycles. The third kappa shape index (κ3) is 12.8. The van der Waals surface area contributed by atoms with E-state index < -0.39 is 195 Å². The van der Waals surface area contributed by atoms with E-state index >= 15 is 0 Å². The first-order valence-corrected chi connectivity index (χ1v) is 23.8. The van der Waals surface area contributed by atoms with Gasteiger partial charge >= 0.3 is 70.6 Å². The highest BCUT2D eigenvalue weighted by atomic mass is 127. The summed E-state index contributed by atoms with van der Waals surface area (Å²) in [6.45, 7) is 0. The Morgan fingerprint density at radius 3 is 0.628 bits per heavy atom. The van der Waals surface area contributed by atoms with Crippen LogP contribution in [0.25, 0.3) is 21.5 Å². The lowest BCUT2D eigenvalue weighted by Crippen LogP contribution is -3.61. The standard InChI is InChI=1S/C32H12BF24.C20H14I/c34-25(35,36)13-1-14(26(37,38)39)6-21(5-13)33(22-7-15(27(40,41)42)2-16(8-22)28(43,44)45,23-9-17(29(46,47)48)3-18(10-23)30(49,50)51)24-11-19(31(52,53)54)4-20(12-24)32(55,56)57;1-3-11-17-15(7-1)9-5-13-19(17)21-20-14-6-10-16-8-2-4-12-18(16)20/h1-12H;1-14H/q-1;+1. The minimum Gasteiger partial charge on any atom is -0.194 e. The zero-order valence-electron chi connectivity index (χ0n) is 38.0. The maximum Gasteiger partial charge on any atom is 0.416 e. The summed E-state index contributed by atoms with van der Waals surface area (Å²) in [5.41, 5.74) is -30.2. The van der Waals surface area contributed by atoms with Crippen LogP contribution in [0.1, 0.15) is 44.5 Å². The van der Waals surface area contributed by atoms with Gasteiger partial charge in [0.2, 0.25) is 7.14 Å². The van der Waals surface area contributed by atoms with Gasteiger partial charge < -0.3 is 0 Å². The molecule has 0 aliphatic heterocycles. The van der Waals surface area contributed by atoms with Crippen molar-refractivity contribution < 1.29 is 127 Å². The number of alkyl halides is 24. The van der Waals surface area contributed by atoms with Crippen LogP contribution in [-0.4, -0.2) is 6.15 Å². The van der Waals surface area contributed by atoms with Gasteiger partial charge in [-0.05, 0) is 59.3 Å². The van der Waals surface area contributed by atoms with Gasteiger partial charge in [-0.2, -0.15) is 127 Å². The molecule has 0 saturated carbocycles. The Morgan fingerprint density at radius 1 is 0.231 bits per heavy atom. The molecule has 0 radical (unpaired) electrons. The van der Waals surface area contributed by atoms with Crippen LogP contribution in [0.2, 0.25) is 0 Å². The van der Waals surface area contributed by atoms with Gasteiger partial charge in [0, 0.05) is 10.8 Å². The molecule has 26 heteroatoms. The monoisotopic (exact) mass is 1240 g/mol. The van der Waals surface area contributed by atoms with Gasteiger partial charge in [-0.15, -0.1) is 0 Å². The van der Waals surface area contributed by atoms with Crippen molar-refractivity contribution >= 4 is 49.5 Å². The topological polar surface area (TPSA) is 0 Å². The quantitative estimate of drug-likeness (QED) is 0.0884. The summed E-state index contributed by atoms with van der Waals surface area (Å²) in [4.78, 5) is 0. The smallest absolute Gasteiger partial charge is 0.194 e. The third-order valence-electron chi connectivity index (χ3n) is 12.1. The van der Waals surface area contributed by atoms with Crippen LogP contribution in [0.3, 0.4) is 0 Å². The van der Waals surface area contributed by atoms with Crippen LogP contribution in [0.4, 0.5) is 105 Å². The average molecular weight is 1240 g/mol. The predicted octanol–water partition coefficient (Wildman–Crippen LogP) is 13.3. The van der Waals surface area contributed by atoms with Crippen molar-refractivity contribution in [2.75, 3.05) is 0 Å². The summed E-state index contributed by atoms with van der Waals surface area (Å²) in [5.74, 6) is 0. The molecule has 8 aromatic carbocycles. The van der Waals surface area contributed by atoms with Crippen LogP contribution >= 0.6 is 0 Å². The van der Waals surface area contributed by atoms with E-state index in [9.17, 15) is 105 Å². The molecule has 0 aliphatic rings. The van der Waals surface area contributed by atoms with Crippen molar-refractivity contribution in [2.24, 2.45) is 0 Å². The van der Waals surface area contributed by atoms with Crippen molar-refractivity contribution in [3.8, 4) is 0 Å². The van der Waals surface area contributed by atoms with E-state index in [4.69, 9.17) is 0 Å². The Hall–Kier alpha value is -6.61. The Balaban J connectivity index is 0.000000344. The molecule has 0 bridgehead atoms. The van der Waals surface area contributed by atoms with Crippen LogP contribution < -0.4 is 43.1 Å². The number of rotatable bonds is 6. The summed E-state index contributed by atoms with van der Waals surface area (Å²) in [5, 5.41) is 5.49. The van der Waals surface area contributed by atoms with Gasteiger partial charge in [0.25, 0.3) is 0 Å². The summed E-state index contributed by atoms with van der Waals surface area (Å²) < 4.78 is 344. The van der Waals surface area contributed by atoms with Crippen LogP contribution in [-0.2, 0) is 49.4 Å². The largest absolute Gasteiger partial charge is 0.416 e. The molecular weight excluding hydrogens is 1220 g/mol. The zero-order valence-corrected chi connectivity index (χ0v) is 40.2. The van der Waals surface area contributed by atoms with E-state index in [0.717, 1.165) is 0 Å². The minimum absolute atomic E-state index is 0.176. The highest BCUT2D eigenvalue weighted by Crippen LogP contribution is 2.41. The number of hydrogen-bond donors (Lipinski definition) is 0. The zero-order chi connectivity index (χ0) is 58.0. The Kier molecular flexibility index (Phi) is 15.6. The number of benzene rings is 8. The molecule has 0 atom stereocenters. The fourth-order valence-corrected chi connectivity index (χ4v) is 11.7. The number of hydrogen-bond acceptors (Lipinski definition) is 0. The summed E-state index contributed by atoms with van der Waals surface area (Å²) in [6.07, 6.45) is -54.8. The van der Waals surface area contributed by atoms with E-state index in [1.807, 2.05) is 0 Å². The highest BCUT2D eigenvalue weighted by molar-refractivity contribution is 7.20.